The second-order valence-electron chi connectivity index (χ2n) is 4.79. The Bertz CT molecular complexity index is 580. The van der Waals surface area contributed by atoms with Crippen LogP contribution < -0.4 is 5.32 Å². The van der Waals surface area contributed by atoms with Crippen molar-refractivity contribution >= 4 is 33.3 Å². The van der Waals surface area contributed by atoms with E-state index in [4.69, 9.17) is 11.6 Å². The molecule has 1 amide bonds. The van der Waals surface area contributed by atoms with Crippen LogP contribution in [0.3, 0.4) is 0 Å². The van der Waals surface area contributed by atoms with Crippen LogP contribution in [-0.2, 0) is 14.8 Å². The van der Waals surface area contributed by atoms with Gasteiger partial charge in [0.15, 0.2) is 0 Å². The molecule has 1 aromatic rings. The van der Waals surface area contributed by atoms with Crippen molar-refractivity contribution in [2.45, 2.75) is 12.8 Å². The zero-order valence-corrected chi connectivity index (χ0v) is 12.6. The highest BCUT2D eigenvalue weighted by molar-refractivity contribution is 7.88. The number of hydrogen-bond acceptors (Lipinski definition) is 4. The molecule has 20 heavy (non-hydrogen) atoms. The first-order valence-electron chi connectivity index (χ1n) is 6.24. The number of amides is 1. The summed E-state index contributed by atoms with van der Waals surface area (Å²) in [6, 6.07) is 3.28. The minimum atomic E-state index is -3.16. The van der Waals surface area contributed by atoms with Gasteiger partial charge >= 0.3 is 0 Å². The van der Waals surface area contributed by atoms with Crippen LogP contribution in [0.25, 0.3) is 0 Å². The third kappa shape index (κ3) is 3.91. The number of pyridine rings is 1. The van der Waals surface area contributed by atoms with Crippen LogP contribution in [0.1, 0.15) is 12.8 Å². The molecular formula is C12H16ClN3O3S. The van der Waals surface area contributed by atoms with E-state index in [1.54, 1.807) is 12.1 Å². The maximum atomic E-state index is 12.1. The van der Waals surface area contributed by atoms with E-state index in [1.165, 1.54) is 16.8 Å². The fourth-order valence-electron chi connectivity index (χ4n) is 2.13. The van der Waals surface area contributed by atoms with E-state index in [2.05, 4.69) is 10.3 Å². The zero-order chi connectivity index (χ0) is 14.8. The molecule has 1 aliphatic heterocycles. The summed E-state index contributed by atoms with van der Waals surface area (Å²) in [6.45, 7) is 0.760. The van der Waals surface area contributed by atoms with Crippen LogP contribution in [0, 0.1) is 5.92 Å². The highest BCUT2D eigenvalue weighted by atomic mass is 35.5. The predicted molar refractivity (Wildman–Crippen MR) is 77.0 cm³/mol. The second-order valence-corrected chi connectivity index (χ2v) is 7.21. The molecule has 0 atom stereocenters. The summed E-state index contributed by atoms with van der Waals surface area (Å²) in [5.41, 5.74) is 0. The standard InChI is InChI=1S/C12H16ClN3O3S/c1-20(18,19)16-6-4-9(5-7-16)12(17)15-11-3-2-10(13)8-14-11/h2-3,8-9H,4-7H2,1H3,(H,14,15,17). The monoisotopic (exact) mass is 317 g/mol. The van der Waals surface area contributed by atoms with Crippen LogP contribution in [0.4, 0.5) is 5.82 Å². The van der Waals surface area contributed by atoms with Crippen LogP contribution in [0.5, 0.6) is 0 Å². The average molecular weight is 318 g/mol. The summed E-state index contributed by atoms with van der Waals surface area (Å²) >= 11 is 5.72. The summed E-state index contributed by atoms with van der Waals surface area (Å²) < 4.78 is 24.2. The zero-order valence-electron chi connectivity index (χ0n) is 11.0. The van der Waals surface area contributed by atoms with Crippen molar-refractivity contribution in [2.75, 3.05) is 24.7 Å². The number of aromatic nitrogens is 1. The Morgan fingerprint density at radius 2 is 2.05 bits per heavy atom. The highest BCUT2D eigenvalue weighted by Gasteiger charge is 2.28. The minimum Gasteiger partial charge on any atom is -0.310 e. The van der Waals surface area contributed by atoms with E-state index in [0.29, 0.717) is 36.8 Å². The van der Waals surface area contributed by atoms with Gasteiger partial charge in [-0.15, -0.1) is 0 Å². The van der Waals surface area contributed by atoms with Crippen molar-refractivity contribution in [3.63, 3.8) is 0 Å². The van der Waals surface area contributed by atoms with Gasteiger partial charge in [0.2, 0.25) is 15.9 Å². The Morgan fingerprint density at radius 1 is 1.40 bits per heavy atom. The van der Waals surface area contributed by atoms with Crippen molar-refractivity contribution < 1.29 is 13.2 Å². The van der Waals surface area contributed by atoms with Gasteiger partial charge in [-0.1, -0.05) is 11.6 Å². The molecular weight excluding hydrogens is 302 g/mol. The first-order chi connectivity index (χ1) is 9.36. The molecule has 110 valence electrons. The molecule has 0 unspecified atom stereocenters. The number of halogens is 1. The Balaban J connectivity index is 1.90. The molecule has 0 bridgehead atoms. The molecule has 2 rings (SSSR count). The van der Waals surface area contributed by atoms with Gasteiger partial charge in [0.05, 0.1) is 11.3 Å². The molecule has 8 heteroatoms. The molecule has 0 spiro atoms. The molecule has 1 fully saturated rings. The lowest BCUT2D eigenvalue weighted by Gasteiger charge is -2.29. The molecule has 0 aromatic carbocycles. The van der Waals surface area contributed by atoms with E-state index in [0.717, 1.165) is 0 Å². The molecule has 0 aliphatic carbocycles. The second kappa shape index (κ2) is 6.07. The third-order valence-corrected chi connectivity index (χ3v) is 4.80. The number of rotatable bonds is 3. The van der Waals surface area contributed by atoms with E-state index in [-0.39, 0.29) is 11.8 Å². The van der Waals surface area contributed by atoms with E-state index in [1.807, 2.05) is 0 Å². The number of nitrogens with one attached hydrogen (secondary N) is 1. The van der Waals surface area contributed by atoms with Crippen molar-refractivity contribution in [2.24, 2.45) is 5.92 Å². The minimum absolute atomic E-state index is 0.132. The number of piperidine rings is 1. The summed E-state index contributed by atoms with van der Waals surface area (Å²) in [6.07, 6.45) is 3.69. The van der Waals surface area contributed by atoms with Gasteiger partial charge in [-0.05, 0) is 25.0 Å². The van der Waals surface area contributed by atoms with E-state index in [9.17, 15) is 13.2 Å². The van der Waals surface area contributed by atoms with Gasteiger partial charge in [0.25, 0.3) is 0 Å². The van der Waals surface area contributed by atoms with Gasteiger partial charge in [-0.2, -0.15) is 0 Å². The first kappa shape index (κ1) is 15.2. The van der Waals surface area contributed by atoms with E-state index < -0.39 is 10.0 Å². The van der Waals surface area contributed by atoms with Crippen LogP contribution in [0.2, 0.25) is 5.02 Å². The summed E-state index contributed by atoms with van der Waals surface area (Å²) in [4.78, 5) is 16.1. The Kier molecular flexibility index (Phi) is 4.62. The SMILES string of the molecule is CS(=O)(=O)N1CCC(C(=O)Nc2ccc(Cl)cn2)CC1. The van der Waals surface area contributed by atoms with Crippen LogP contribution in [0.15, 0.2) is 18.3 Å². The highest BCUT2D eigenvalue weighted by Crippen LogP contribution is 2.20. The van der Waals surface area contributed by atoms with Crippen molar-refractivity contribution in [3.05, 3.63) is 23.4 Å². The maximum Gasteiger partial charge on any atom is 0.228 e. The molecule has 0 radical (unpaired) electrons. The summed E-state index contributed by atoms with van der Waals surface area (Å²) in [5.74, 6) is 0.128. The number of sulfonamides is 1. The van der Waals surface area contributed by atoms with Crippen LogP contribution >= 0.6 is 11.6 Å². The molecule has 1 N–H and O–H groups in total. The van der Waals surface area contributed by atoms with Crippen molar-refractivity contribution in [1.29, 1.82) is 0 Å². The van der Waals surface area contributed by atoms with Crippen molar-refractivity contribution in [1.82, 2.24) is 9.29 Å². The van der Waals surface area contributed by atoms with Gasteiger partial charge < -0.3 is 5.32 Å². The normalized spacial score (nSPS) is 17.9. The lowest BCUT2D eigenvalue weighted by atomic mass is 9.97. The largest absolute Gasteiger partial charge is 0.310 e. The summed E-state index contributed by atoms with van der Waals surface area (Å²) in [7, 11) is -3.16. The third-order valence-electron chi connectivity index (χ3n) is 3.27. The van der Waals surface area contributed by atoms with Crippen molar-refractivity contribution in [3.8, 4) is 0 Å². The molecule has 1 aromatic heterocycles. The number of nitrogens with zero attached hydrogens (tertiary/aromatic N) is 2. The fourth-order valence-corrected chi connectivity index (χ4v) is 3.11. The van der Waals surface area contributed by atoms with Gasteiger partial charge in [0.1, 0.15) is 5.82 Å². The topological polar surface area (TPSA) is 79.4 Å². The molecule has 1 aliphatic rings. The number of hydrogen-bond donors (Lipinski definition) is 1. The number of carbonyl (C=O) groups is 1. The molecule has 0 saturated carbocycles. The Hall–Kier alpha value is -1.18. The summed E-state index contributed by atoms with van der Waals surface area (Å²) in [5, 5.41) is 3.22. The van der Waals surface area contributed by atoms with Gasteiger partial charge in [-0.3, -0.25) is 4.79 Å². The first-order valence-corrected chi connectivity index (χ1v) is 8.46. The lowest BCUT2D eigenvalue weighted by Crippen LogP contribution is -2.40. The van der Waals surface area contributed by atoms with E-state index >= 15 is 0 Å². The van der Waals surface area contributed by atoms with Crippen LogP contribution in [-0.4, -0.2) is 43.0 Å². The smallest absolute Gasteiger partial charge is 0.228 e. The quantitative estimate of drug-likeness (QED) is 0.912. The average Bonchev–Trinajstić information content (AvgIpc) is 2.40. The fraction of sp³-hybridized carbons (Fsp3) is 0.500. The maximum absolute atomic E-state index is 12.1. The number of carbonyl (C=O) groups excluding carboxylic acids is 1. The van der Waals surface area contributed by atoms with Gasteiger partial charge in [0, 0.05) is 25.2 Å². The predicted octanol–water partition coefficient (Wildman–Crippen LogP) is 1.35. The molecule has 2 heterocycles. The van der Waals surface area contributed by atoms with Gasteiger partial charge in [-0.25, -0.2) is 17.7 Å². The molecule has 1 saturated heterocycles. The lowest BCUT2D eigenvalue weighted by molar-refractivity contribution is -0.120. The number of anilines is 1. The molecule has 6 nitrogen and oxygen atoms in total. The Morgan fingerprint density at radius 3 is 2.55 bits per heavy atom. The Labute approximate surface area is 123 Å².